The van der Waals surface area contributed by atoms with Gasteiger partial charge in [-0.2, -0.15) is 0 Å². The van der Waals surface area contributed by atoms with Crippen LogP contribution in [0.15, 0.2) is 21.8 Å². The Hall–Kier alpha value is 0.170. The zero-order valence-corrected chi connectivity index (χ0v) is 7.37. The van der Waals surface area contributed by atoms with Crippen molar-refractivity contribution < 1.29 is 5.11 Å². The Kier molecular flexibility index (Phi) is 2.29. The minimum atomic E-state index is -0.244. The summed E-state index contributed by atoms with van der Waals surface area (Å²) in [5, 5.41) is 9.13. The number of rotatable bonds is 1. The van der Waals surface area contributed by atoms with Gasteiger partial charge in [0.15, 0.2) is 0 Å². The Morgan fingerprint density at radius 3 is 2.67 bits per heavy atom. The fraction of sp³-hybridized carbons (Fsp3) is 0.429. The van der Waals surface area contributed by atoms with E-state index in [0.29, 0.717) is 0 Å². The number of hydrogen-bond acceptors (Lipinski definition) is 1. The van der Waals surface area contributed by atoms with E-state index in [1.165, 1.54) is 3.58 Å². The van der Waals surface area contributed by atoms with Crippen molar-refractivity contribution >= 4 is 22.6 Å². The van der Waals surface area contributed by atoms with Crippen molar-refractivity contribution in [3.05, 3.63) is 21.8 Å². The minimum absolute atomic E-state index is 0.244. The molecule has 50 valence electrons. The van der Waals surface area contributed by atoms with Gasteiger partial charge in [-0.1, -0.05) is 18.2 Å². The summed E-state index contributed by atoms with van der Waals surface area (Å²) in [4.78, 5) is 0. The van der Waals surface area contributed by atoms with Gasteiger partial charge >= 0.3 is 0 Å². The van der Waals surface area contributed by atoms with Gasteiger partial charge < -0.3 is 5.11 Å². The van der Waals surface area contributed by atoms with E-state index in [1.54, 1.807) is 0 Å². The quantitative estimate of drug-likeness (QED) is 0.689. The minimum Gasteiger partial charge on any atom is -0.392 e. The molecule has 2 heteroatoms. The van der Waals surface area contributed by atoms with Crippen molar-refractivity contribution in [2.45, 2.75) is 13.0 Å². The van der Waals surface area contributed by atoms with Crippen LogP contribution < -0.4 is 0 Å². The summed E-state index contributed by atoms with van der Waals surface area (Å²) in [6, 6.07) is 0. The van der Waals surface area contributed by atoms with Crippen LogP contribution in [-0.2, 0) is 0 Å². The summed E-state index contributed by atoms with van der Waals surface area (Å²) in [6.45, 7) is 1.81. The molecule has 1 N–H and O–H groups in total. The molecule has 0 heterocycles. The van der Waals surface area contributed by atoms with Crippen LogP contribution >= 0.6 is 22.6 Å². The topological polar surface area (TPSA) is 20.2 Å². The Bertz CT molecular complexity index is 158. The molecule has 1 aliphatic carbocycles. The fourth-order valence-electron chi connectivity index (χ4n) is 0.861. The molecular formula is C7H9IO. The molecule has 9 heavy (non-hydrogen) atoms. The SMILES string of the molecule is C[C@@H](O)C1C=CC=C1I. The summed E-state index contributed by atoms with van der Waals surface area (Å²) < 4.78 is 1.22. The molecule has 1 aliphatic rings. The Morgan fingerprint density at radius 1 is 1.78 bits per heavy atom. The van der Waals surface area contributed by atoms with Crippen LogP contribution in [0, 0.1) is 5.92 Å². The smallest absolute Gasteiger partial charge is 0.0619 e. The van der Waals surface area contributed by atoms with Gasteiger partial charge in [0.1, 0.15) is 0 Å². The maximum Gasteiger partial charge on any atom is 0.0619 e. The largest absolute Gasteiger partial charge is 0.392 e. The summed E-state index contributed by atoms with van der Waals surface area (Å²) in [5.74, 6) is 0.255. The van der Waals surface area contributed by atoms with Gasteiger partial charge in [-0.05, 0) is 29.5 Å². The van der Waals surface area contributed by atoms with Crippen LogP contribution in [0.1, 0.15) is 6.92 Å². The molecule has 0 saturated heterocycles. The lowest BCUT2D eigenvalue weighted by Crippen LogP contribution is -2.12. The lowest BCUT2D eigenvalue weighted by Gasteiger charge is -2.10. The molecule has 0 bridgehead atoms. The maximum absolute atomic E-state index is 9.13. The van der Waals surface area contributed by atoms with Crippen LogP contribution in [0.5, 0.6) is 0 Å². The Morgan fingerprint density at radius 2 is 2.44 bits per heavy atom. The number of allylic oxidation sites excluding steroid dienone is 2. The zero-order valence-electron chi connectivity index (χ0n) is 5.21. The molecule has 0 aromatic heterocycles. The van der Waals surface area contributed by atoms with Crippen molar-refractivity contribution in [1.29, 1.82) is 0 Å². The molecule has 0 amide bonds. The maximum atomic E-state index is 9.13. The predicted octanol–water partition coefficient (Wildman–Crippen LogP) is 1.87. The van der Waals surface area contributed by atoms with E-state index in [4.69, 9.17) is 5.11 Å². The van der Waals surface area contributed by atoms with Gasteiger partial charge in [-0.3, -0.25) is 0 Å². The first-order valence-electron chi connectivity index (χ1n) is 2.94. The zero-order chi connectivity index (χ0) is 6.85. The van der Waals surface area contributed by atoms with Gasteiger partial charge in [-0.25, -0.2) is 0 Å². The van der Waals surface area contributed by atoms with Crippen LogP contribution in [-0.4, -0.2) is 11.2 Å². The highest BCUT2D eigenvalue weighted by Gasteiger charge is 2.16. The average Bonchev–Trinajstić information content (AvgIpc) is 2.13. The van der Waals surface area contributed by atoms with Crippen molar-refractivity contribution in [1.82, 2.24) is 0 Å². The standard InChI is InChI=1S/C7H9IO/c1-5(9)6-3-2-4-7(6)8/h2-6,9H,1H3/t5-,6?/m1/s1. The van der Waals surface area contributed by atoms with E-state index in [0.717, 1.165) is 0 Å². The van der Waals surface area contributed by atoms with Gasteiger partial charge in [-0.15, -0.1) is 0 Å². The van der Waals surface area contributed by atoms with Gasteiger partial charge in [0.2, 0.25) is 0 Å². The van der Waals surface area contributed by atoms with E-state index in [9.17, 15) is 0 Å². The number of aliphatic hydroxyl groups excluding tert-OH is 1. The Labute approximate surface area is 68.6 Å². The van der Waals surface area contributed by atoms with E-state index >= 15 is 0 Å². The average molecular weight is 236 g/mol. The third-order valence-corrected chi connectivity index (χ3v) is 2.49. The molecule has 1 unspecified atom stereocenters. The van der Waals surface area contributed by atoms with E-state index < -0.39 is 0 Å². The van der Waals surface area contributed by atoms with Crippen LogP contribution in [0.3, 0.4) is 0 Å². The highest BCUT2D eigenvalue weighted by Crippen LogP contribution is 2.27. The third-order valence-electron chi connectivity index (χ3n) is 1.41. The highest BCUT2D eigenvalue weighted by molar-refractivity contribution is 14.1. The molecule has 0 fully saturated rings. The molecule has 0 aromatic carbocycles. The normalized spacial score (nSPS) is 28.3. The fourth-order valence-corrected chi connectivity index (χ4v) is 1.80. The third kappa shape index (κ3) is 1.55. The molecule has 0 radical (unpaired) electrons. The highest BCUT2D eigenvalue weighted by atomic mass is 127. The second-order valence-electron chi connectivity index (χ2n) is 2.20. The summed E-state index contributed by atoms with van der Waals surface area (Å²) in [5.41, 5.74) is 0. The van der Waals surface area contributed by atoms with Gasteiger partial charge in [0.05, 0.1) is 6.10 Å². The van der Waals surface area contributed by atoms with E-state index in [2.05, 4.69) is 22.6 Å². The second kappa shape index (κ2) is 2.84. The summed E-state index contributed by atoms with van der Waals surface area (Å²) >= 11 is 2.25. The molecule has 0 aliphatic heterocycles. The van der Waals surface area contributed by atoms with Crippen LogP contribution in [0.4, 0.5) is 0 Å². The molecule has 0 spiro atoms. The van der Waals surface area contributed by atoms with Crippen molar-refractivity contribution in [3.8, 4) is 0 Å². The van der Waals surface area contributed by atoms with Gasteiger partial charge in [0.25, 0.3) is 0 Å². The number of hydrogen-bond donors (Lipinski definition) is 1. The van der Waals surface area contributed by atoms with Gasteiger partial charge in [0, 0.05) is 9.50 Å². The Balaban J connectivity index is 2.63. The predicted molar refractivity (Wildman–Crippen MR) is 46.4 cm³/mol. The van der Waals surface area contributed by atoms with Crippen molar-refractivity contribution in [2.24, 2.45) is 5.92 Å². The van der Waals surface area contributed by atoms with Crippen LogP contribution in [0.2, 0.25) is 0 Å². The molecule has 1 rings (SSSR count). The molecule has 0 aromatic rings. The molecule has 2 atom stereocenters. The first-order valence-corrected chi connectivity index (χ1v) is 4.01. The summed E-state index contributed by atoms with van der Waals surface area (Å²) in [6.07, 6.45) is 5.79. The van der Waals surface area contributed by atoms with Crippen molar-refractivity contribution in [3.63, 3.8) is 0 Å². The van der Waals surface area contributed by atoms with Crippen molar-refractivity contribution in [2.75, 3.05) is 0 Å². The van der Waals surface area contributed by atoms with E-state index in [1.807, 2.05) is 25.2 Å². The van der Waals surface area contributed by atoms with E-state index in [-0.39, 0.29) is 12.0 Å². The second-order valence-corrected chi connectivity index (χ2v) is 3.45. The first kappa shape index (κ1) is 7.28. The number of halogens is 1. The number of aliphatic hydroxyl groups is 1. The summed E-state index contributed by atoms with van der Waals surface area (Å²) in [7, 11) is 0. The molecule has 1 nitrogen and oxygen atoms in total. The lowest BCUT2D eigenvalue weighted by atomic mass is 10.1. The molecule has 0 saturated carbocycles. The lowest BCUT2D eigenvalue weighted by molar-refractivity contribution is 0.169. The first-order chi connectivity index (χ1) is 4.22. The van der Waals surface area contributed by atoms with Crippen LogP contribution in [0.25, 0.3) is 0 Å². The monoisotopic (exact) mass is 236 g/mol. The molecular weight excluding hydrogens is 227 g/mol.